The smallest absolute Gasteiger partial charge is 0.247 e. The van der Waals surface area contributed by atoms with E-state index in [-0.39, 0.29) is 12.6 Å². The van der Waals surface area contributed by atoms with Gasteiger partial charge in [-0.15, -0.1) is 0 Å². The predicted molar refractivity (Wildman–Crippen MR) is 49.2 cm³/mol. The molecule has 0 aliphatic heterocycles. The second kappa shape index (κ2) is 6.82. The van der Waals surface area contributed by atoms with E-state index < -0.39 is 12.0 Å². The van der Waals surface area contributed by atoms with Crippen LogP contribution in [-0.2, 0) is 9.53 Å². The molecular weight excluding hydrogens is 172 g/mol. The van der Waals surface area contributed by atoms with Crippen molar-refractivity contribution in [3.05, 3.63) is 0 Å². The summed E-state index contributed by atoms with van der Waals surface area (Å²) in [5.41, 5.74) is 4.84. The van der Waals surface area contributed by atoms with Crippen LogP contribution < -0.4 is 11.1 Å². The Morgan fingerprint density at radius 2 is 2.23 bits per heavy atom. The first kappa shape index (κ1) is 12.3. The average molecular weight is 190 g/mol. The number of ether oxygens (including phenoxy) is 1. The highest BCUT2D eigenvalue weighted by Gasteiger charge is 2.08. The highest BCUT2D eigenvalue weighted by molar-refractivity contribution is 5.78. The van der Waals surface area contributed by atoms with Crippen LogP contribution in [0.1, 0.15) is 13.8 Å². The van der Waals surface area contributed by atoms with Gasteiger partial charge in [0.05, 0.1) is 12.7 Å². The van der Waals surface area contributed by atoms with Crippen LogP contribution in [0.15, 0.2) is 0 Å². The average Bonchev–Trinajstić information content (AvgIpc) is 2.02. The van der Waals surface area contributed by atoms with E-state index in [0.29, 0.717) is 13.2 Å². The van der Waals surface area contributed by atoms with Crippen molar-refractivity contribution < 1.29 is 14.6 Å². The van der Waals surface area contributed by atoms with E-state index in [4.69, 9.17) is 15.6 Å². The lowest BCUT2D eigenvalue weighted by Gasteiger charge is -2.10. The third-order valence-corrected chi connectivity index (χ3v) is 1.40. The number of carbonyl (C=O) groups excluding carboxylic acids is 1. The number of amides is 1. The van der Waals surface area contributed by atoms with Gasteiger partial charge in [0.25, 0.3) is 0 Å². The number of carbonyl (C=O) groups is 1. The third kappa shape index (κ3) is 7.70. The molecule has 0 bridgehead atoms. The maximum Gasteiger partial charge on any atom is 0.247 e. The van der Waals surface area contributed by atoms with Crippen LogP contribution in [0, 0.1) is 0 Å². The Balaban J connectivity index is 3.21. The van der Waals surface area contributed by atoms with Crippen molar-refractivity contribution >= 4 is 5.91 Å². The van der Waals surface area contributed by atoms with Gasteiger partial charge in [-0.25, -0.2) is 0 Å². The molecule has 0 aliphatic rings. The summed E-state index contributed by atoms with van der Waals surface area (Å²) >= 11 is 0. The lowest BCUT2D eigenvalue weighted by atomic mass is 10.3. The van der Waals surface area contributed by atoms with Crippen molar-refractivity contribution in [2.75, 3.05) is 19.7 Å². The Morgan fingerprint density at radius 3 is 2.69 bits per heavy atom. The van der Waals surface area contributed by atoms with Gasteiger partial charge in [0.2, 0.25) is 5.91 Å². The summed E-state index contributed by atoms with van der Waals surface area (Å²) in [4.78, 5) is 10.4. The van der Waals surface area contributed by atoms with E-state index in [1.807, 2.05) is 13.8 Å². The molecule has 13 heavy (non-hydrogen) atoms. The van der Waals surface area contributed by atoms with Crippen molar-refractivity contribution in [2.45, 2.75) is 26.1 Å². The molecule has 78 valence electrons. The maximum absolute atomic E-state index is 10.4. The summed E-state index contributed by atoms with van der Waals surface area (Å²) in [5, 5.41) is 11.8. The first-order valence-corrected chi connectivity index (χ1v) is 4.33. The van der Waals surface area contributed by atoms with Crippen molar-refractivity contribution in [2.24, 2.45) is 5.73 Å². The van der Waals surface area contributed by atoms with E-state index in [2.05, 4.69) is 5.32 Å². The van der Waals surface area contributed by atoms with Crippen molar-refractivity contribution in [3.8, 4) is 0 Å². The van der Waals surface area contributed by atoms with Crippen LogP contribution in [0.25, 0.3) is 0 Å². The molecule has 5 heteroatoms. The van der Waals surface area contributed by atoms with E-state index in [0.717, 1.165) is 0 Å². The summed E-state index contributed by atoms with van der Waals surface area (Å²) < 4.78 is 5.22. The molecule has 4 N–H and O–H groups in total. The zero-order chi connectivity index (χ0) is 10.3. The quantitative estimate of drug-likeness (QED) is 0.442. The van der Waals surface area contributed by atoms with Gasteiger partial charge in [-0.1, -0.05) is 0 Å². The minimum atomic E-state index is -1.11. The molecule has 0 saturated heterocycles. The molecule has 0 spiro atoms. The second-order valence-corrected chi connectivity index (χ2v) is 3.04. The Bertz CT molecular complexity index is 150. The molecule has 0 aromatic heterocycles. The molecule has 5 nitrogen and oxygen atoms in total. The maximum atomic E-state index is 10.4. The minimum absolute atomic E-state index is 0.177. The number of nitrogens with two attached hydrogens (primary N) is 1. The Kier molecular flexibility index (Phi) is 6.48. The number of hydrogen-bond donors (Lipinski definition) is 3. The highest BCUT2D eigenvalue weighted by atomic mass is 16.5. The summed E-state index contributed by atoms with van der Waals surface area (Å²) in [6.45, 7) is 5.22. The van der Waals surface area contributed by atoms with Gasteiger partial charge in [0.1, 0.15) is 6.10 Å². The topological polar surface area (TPSA) is 84.6 Å². The Hall–Kier alpha value is -0.650. The number of hydrogen-bond acceptors (Lipinski definition) is 4. The van der Waals surface area contributed by atoms with Crippen molar-refractivity contribution in [1.29, 1.82) is 0 Å². The second-order valence-electron chi connectivity index (χ2n) is 3.04. The van der Waals surface area contributed by atoms with Crippen LogP contribution in [0.5, 0.6) is 0 Å². The molecule has 0 heterocycles. The molecule has 0 fully saturated rings. The van der Waals surface area contributed by atoms with E-state index >= 15 is 0 Å². The first-order valence-electron chi connectivity index (χ1n) is 4.33. The van der Waals surface area contributed by atoms with Crippen LogP contribution in [0.4, 0.5) is 0 Å². The number of primary amides is 1. The van der Waals surface area contributed by atoms with E-state index in [1.54, 1.807) is 0 Å². The van der Waals surface area contributed by atoms with E-state index in [1.165, 1.54) is 0 Å². The fraction of sp³-hybridized carbons (Fsp3) is 0.875. The van der Waals surface area contributed by atoms with Gasteiger partial charge in [0.15, 0.2) is 0 Å². The predicted octanol–water partition coefficient (Wildman–Crippen LogP) is -1.15. The monoisotopic (exact) mass is 190 g/mol. The lowest BCUT2D eigenvalue weighted by molar-refractivity contribution is -0.125. The fourth-order valence-corrected chi connectivity index (χ4v) is 0.706. The molecule has 0 radical (unpaired) electrons. The van der Waals surface area contributed by atoms with E-state index in [9.17, 15) is 4.79 Å². The molecular formula is C8H18N2O3. The fourth-order valence-electron chi connectivity index (χ4n) is 0.706. The SMILES string of the molecule is CC(C)OCCNCC(O)C(N)=O. The first-order chi connectivity index (χ1) is 6.04. The molecule has 0 aromatic carbocycles. The molecule has 1 unspecified atom stereocenters. The number of nitrogens with one attached hydrogen (secondary N) is 1. The molecule has 0 aromatic rings. The van der Waals surface area contributed by atoms with Gasteiger partial charge in [0, 0.05) is 13.1 Å². The normalized spacial score (nSPS) is 13.2. The van der Waals surface area contributed by atoms with Gasteiger partial charge < -0.3 is 20.9 Å². The van der Waals surface area contributed by atoms with Gasteiger partial charge in [-0.3, -0.25) is 4.79 Å². The zero-order valence-electron chi connectivity index (χ0n) is 8.12. The van der Waals surface area contributed by atoms with Crippen LogP contribution in [0.2, 0.25) is 0 Å². The molecule has 0 aliphatic carbocycles. The zero-order valence-corrected chi connectivity index (χ0v) is 8.12. The summed E-state index contributed by atoms with van der Waals surface area (Å²) in [5.74, 6) is -0.711. The Morgan fingerprint density at radius 1 is 1.62 bits per heavy atom. The Labute approximate surface area is 78.3 Å². The lowest BCUT2D eigenvalue weighted by Crippen LogP contribution is -2.38. The van der Waals surface area contributed by atoms with Gasteiger partial charge in [-0.05, 0) is 13.8 Å². The van der Waals surface area contributed by atoms with Gasteiger partial charge in [-0.2, -0.15) is 0 Å². The standard InChI is InChI=1S/C8H18N2O3/c1-6(2)13-4-3-10-5-7(11)8(9)12/h6-7,10-11H,3-5H2,1-2H3,(H2,9,12). The summed E-state index contributed by atoms with van der Waals surface area (Å²) in [7, 11) is 0. The minimum Gasteiger partial charge on any atom is -0.382 e. The molecule has 0 saturated carbocycles. The molecule has 1 atom stereocenters. The largest absolute Gasteiger partial charge is 0.382 e. The van der Waals surface area contributed by atoms with Crippen LogP contribution in [0.3, 0.4) is 0 Å². The molecule has 1 amide bonds. The molecule has 0 rings (SSSR count). The van der Waals surface area contributed by atoms with Crippen LogP contribution in [-0.4, -0.2) is 42.9 Å². The third-order valence-electron chi connectivity index (χ3n) is 1.40. The number of aliphatic hydroxyl groups is 1. The number of rotatable bonds is 7. The highest BCUT2D eigenvalue weighted by Crippen LogP contribution is 1.85. The summed E-state index contributed by atoms with van der Waals surface area (Å²) in [6.07, 6.45) is -0.915. The van der Waals surface area contributed by atoms with Crippen molar-refractivity contribution in [1.82, 2.24) is 5.32 Å². The van der Waals surface area contributed by atoms with Gasteiger partial charge >= 0.3 is 0 Å². The van der Waals surface area contributed by atoms with Crippen molar-refractivity contribution in [3.63, 3.8) is 0 Å². The van der Waals surface area contributed by atoms with Crippen LogP contribution >= 0.6 is 0 Å². The number of aliphatic hydroxyl groups excluding tert-OH is 1. The summed E-state index contributed by atoms with van der Waals surface area (Å²) in [6, 6.07) is 0.